The summed E-state index contributed by atoms with van der Waals surface area (Å²) in [6.45, 7) is 19.4. The van der Waals surface area contributed by atoms with Crippen LogP contribution in [0.25, 0.3) is 54.9 Å². The molecule has 0 aliphatic carbocycles. The van der Waals surface area contributed by atoms with Crippen molar-refractivity contribution in [1.82, 2.24) is 59.1 Å². The molecule has 7 heterocycles. The highest BCUT2D eigenvalue weighted by atomic mass is 35.5. The molecule has 2 amide bonds. The standard InChI is InChI=1S/C29H34N6O2.C25H28ClN5O3.C23H27FN4O3.C23H25N3O4/c1-7-29(36)32-24-16-20(27(37-6)18-26(24)34(4)15-14-33(2)3)17-28-30-13-12-23(31-28)22-19-35(5)25-11-9-8-10-21(22)25;1-16-6-7-17(11-20(16)26)29-25-19-12-22(30-24(32)5-4-9-31(2)3)23(13-21(19)27-15-28-25)34-18-8-10-33-14-18;1-16-12-17(4-5-19(16)24)27-23-18-13-22(21(29-2)14-20(18)25-15-26-23)31-9-3-6-28-7-10-30-11-8-28;1-4-6-17-7-5-8-18(13-17)26-23-19-14-21(29-11-9-27-2)22(30-12-10-28-3)15-20(19)24-16-25-23/h7-13,16,18-19H,1,14-15,17H2,2-6H3,(H,32,36);4-7,11-13,15,18H,8-10,14H2,1-3H3,(H,30,32)(H,27,28,29);4-5,12-15H,3,6-11H2,1-2H3,(H,25,26,27);5,7-8,13-16H,9-12H2,1-3H3,(H,24,25,26)/b;5-4+;;/t;18-;;/m.0../s1. The molecule has 8 aromatic carbocycles. The number of methoxy groups -OCH3 is 4. The van der Waals surface area contributed by atoms with Gasteiger partial charge in [-0.25, -0.2) is 44.3 Å². The molecule has 0 bridgehead atoms. The van der Waals surface area contributed by atoms with E-state index >= 15 is 0 Å². The monoisotopic (exact) mass is 1810 g/mol. The quantitative estimate of drug-likeness (QED) is 0.0138. The van der Waals surface area contributed by atoms with Crippen LogP contribution in [0.5, 0.6) is 34.5 Å². The molecule has 132 heavy (non-hydrogen) atoms. The zero-order chi connectivity index (χ0) is 93.4. The largest absolute Gasteiger partial charge is 0.496 e. The number of hydrogen-bond acceptors (Lipinski definition) is 27. The second-order valence-electron chi connectivity index (χ2n) is 31.5. The number of nitrogens with one attached hydrogen (secondary N) is 5. The fourth-order valence-corrected chi connectivity index (χ4v) is 14.5. The number of aryl methyl sites for hydroxylation is 3. The lowest BCUT2D eigenvalue weighted by atomic mass is 10.1. The summed E-state index contributed by atoms with van der Waals surface area (Å²) in [6, 6.07) is 43.7. The highest BCUT2D eigenvalue weighted by molar-refractivity contribution is 6.31. The number of carbonyl (C=O) groups is 2. The fraction of sp³-hybridized carbons (Fsp3) is 0.320. The van der Waals surface area contributed by atoms with Crippen molar-refractivity contribution in [3.8, 4) is 57.6 Å². The molecule has 13 aromatic rings. The van der Waals surface area contributed by atoms with E-state index in [4.69, 9.17) is 64.0 Å². The van der Waals surface area contributed by atoms with E-state index in [1.165, 1.54) is 37.2 Å². The minimum atomic E-state index is -0.271. The Morgan fingerprint density at radius 1 is 0.606 bits per heavy atom. The molecule has 5 N–H and O–H groups in total. The zero-order valence-electron chi connectivity index (χ0n) is 76.9. The van der Waals surface area contributed by atoms with Gasteiger partial charge in [0.2, 0.25) is 11.8 Å². The predicted octanol–water partition coefficient (Wildman–Crippen LogP) is 16.6. The van der Waals surface area contributed by atoms with E-state index in [1.807, 2.05) is 170 Å². The van der Waals surface area contributed by atoms with Crippen LogP contribution in [0.3, 0.4) is 0 Å². The van der Waals surface area contributed by atoms with Crippen LogP contribution in [0.2, 0.25) is 5.02 Å². The van der Waals surface area contributed by atoms with E-state index in [0.717, 1.165) is 148 Å². The lowest BCUT2D eigenvalue weighted by molar-refractivity contribution is -0.112. The first-order valence-corrected chi connectivity index (χ1v) is 43.6. The molecule has 5 aromatic heterocycles. The number of likely N-dealkylation sites (N-methyl/N-ethyl adjacent to an activating group) is 3. The number of carbonyl (C=O) groups excluding carboxylic acids is 2. The molecule has 2 aliphatic rings. The summed E-state index contributed by atoms with van der Waals surface area (Å²) in [5.74, 6) is 11.5. The van der Waals surface area contributed by atoms with Gasteiger partial charge in [-0.15, -0.1) is 5.92 Å². The molecule has 690 valence electrons. The number of rotatable bonds is 36. The van der Waals surface area contributed by atoms with E-state index in [9.17, 15) is 14.0 Å². The fourth-order valence-electron chi connectivity index (χ4n) is 14.3. The van der Waals surface area contributed by atoms with Crippen LogP contribution in [0, 0.1) is 31.5 Å². The number of hydrogen-bond donors (Lipinski definition) is 5. The van der Waals surface area contributed by atoms with Gasteiger partial charge in [-0.05, 0) is 158 Å². The van der Waals surface area contributed by atoms with Crippen LogP contribution in [-0.4, -0.2) is 239 Å². The Kier molecular flexibility index (Phi) is 36.0. The Labute approximate surface area is 774 Å². The maximum absolute atomic E-state index is 13.6. The van der Waals surface area contributed by atoms with Crippen LogP contribution in [0.15, 0.2) is 196 Å². The second-order valence-corrected chi connectivity index (χ2v) is 31.9. The third-order valence-corrected chi connectivity index (χ3v) is 21.6. The molecule has 2 saturated heterocycles. The van der Waals surface area contributed by atoms with Crippen molar-refractivity contribution in [2.75, 3.05) is 194 Å². The lowest BCUT2D eigenvalue weighted by Crippen LogP contribution is -2.37. The van der Waals surface area contributed by atoms with Gasteiger partial charge < -0.3 is 93.2 Å². The van der Waals surface area contributed by atoms with Crippen molar-refractivity contribution < 1.29 is 61.3 Å². The summed E-state index contributed by atoms with van der Waals surface area (Å²) in [5, 5.41) is 20.0. The van der Waals surface area contributed by atoms with Crippen molar-refractivity contribution >= 4 is 119 Å². The van der Waals surface area contributed by atoms with E-state index in [2.05, 4.69) is 117 Å². The first kappa shape index (κ1) is 97.4. The highest BCUT2D eigenvalue weighted by Crippen LogP contribution is 2.41. The van der Waals surface area contributed by atoms with E-state index < -0.39 is 0 Å². The second kappa shape index (κ2) is 48.8. The van der Waals surface area contributed by atoms with E-state index in [-0.39, 0.29) is 23.7 Å². The van der Waals surface area contributed by atoms with Gasteiger partial charge in [-0.1, -0.05) is 60.5 Å². The summed E-state index contributed by atoms with van der Waals surface area (Å²) in [4.78, 5) is 69.2. The summed E-state index contributed by atoms with van der Waals surface area (Å²) < 4.78 is 71.9. The number of aromatic nitrogens is 9. The molecule has 0 unspecified atom stereocenters. The lowest BCUT2D eigenvalue weighted by Gasteiger charge is -2.26. The van der Waals surface area contributed by atoms with Gasteiger partial charge in [-0.3, -0.25) is 14.5 Å². The molecular formula is C100H114ClFN18O12. The maximum atomic E-state index is 13.6. The smallest absolute Gasteiger partial charge is 0.248 e. The van der Waals surface area contributed by atoms with Crippen LogP contribution < -0.4 is 59.9 Å². The van der Waals surface area contributed by atoms with Crippen molar-refractivity contribution in [1.29, 1.82) is 0 Å². The summed E-state index contributed by atoms with van der Waals surface area (Å²) in [6.07, 6.45) is 15.0. The van der Waals surface area contributed by atoms with Gasteiger partial charge >= 0.3 is 0 Å². The first-order chi connectivity index (χ1) is 64.1. The van der Waals surface area contributed by atoms with Gasteiger partial charge in [0.1, 0.15) is 78.9 Å². The maximum Gasteiger partial charge on any atom is 0.248 e. The van der Waals surface area contributed by atoms with Crippen LogP contribution in [0.4, 0.5) is 56.0 Å². The van der Waals surface area contributed by atoms with Gasteiger partial charge in [0.25, 0.3) is 0 Å². The van der Waals surface area contributed by atoms with E-state index in [1.54, 1.807) is 59.8 Å². The van der Waals surface area contributed by atoms with Crippen molar-refractivity contribution in [3.63, 3.8) is 0 Å². The first-order valence-electron chi connectivity index (χ1n) is 43.2. The third-order valence-electron chi connectivity index (χ3n) is 21.2. The van der Waals surface area contributed by atoms with Gasteiger partial charge in [0, 0.05) is 189 Å². The number of halogens is 2. The Bertz CT molecular complexity index is 6200. The van der Waals surface area contributed by atoms with Crippen LogP contribution >= 0.6 is 11.6 Å². The molecular weight excluding hydrogens is 1700 g/mol. The molecule has 0 spiro atoms. The number of anilines is 9. The van der Waals surface area contributed by atoms with Gasteiger partial charge in [0.05, 0.1) is 99.8 Å². The number of benzene rings is 8. The molecule has 2 fully saturated rings. The average molecular weight is 1810 g/mol. The number of amides is 2. The SMILES string of the molecule is C=CC(=O)Nc1cc(Cc2nccc(-c3cn(C)c4ccccc34)n2)c(OC)cc1N(C)CCN(C)C.CC#Cc1cccc(Nc2ncnc3cc(OCCOC)c(OCCOC)cc23)c1.COc1cc2ncnc(Nc3ccc(F)c(C)c3)c2cc1OCCCN1CCOCC1.Cc1ccc(Nc2ncnc3cc(O[C@H]4CCOC4)c(NC(=O)/C=C/CN(C)C)cc23)cc1Cl. The Morgan fingerprint density at radius 2 is 1.23 bits per heavy atom. The normalized spacial score (nSPS) is 13.0. The molecule has 15 rings (SSSR count). The van der Waals surface area contributed by atoms with Crippen molar-refractivity contribution in [2.45, 2.75) is 46.1 Å². The Morgan fingerprint density at radius 3 is 1.86 bits per heavy atom. The summed E-state index contributed by atoms with van der Waals surface area (Å²) >= 11 is 6.29. The number of ether oxygens (including phenoxy) is 10. The zero-order valence-corrected chi connectivity index (χ0v) is 77.6. The van der Waals surface area contributed by atoms with Crippen molar-refractivity contribution in [3.05, 3.63) is 235 Å². The minimum absolute atomic E-state index is 0.0773. The average Bonchev–Trinajstić information content (AvgIpc) is 0.995. The Hall–Kier alpha value is -13.7. The topological polar surface area (TPSA) is 308 Å². The highest BCUT2D eigenvalue weighted by Gasteiger charge is 2.24. The molecule has 0 saturated carbocycles. The van der Waals surface area contributed by atoms with Gasteiger partial charge in [-0.2, -0.15) is 0 Å². The number of morpholine rings is 1. The molecule has 1 atom stereocenters. The van der Waals surface area contributed by atoms with Crippen LogP contribution in [-0.2, 0) is 42.0 Å². The number of fused-ring (bicyclic) bond motifs is 4. The van der Waals surface area contributed by atoms with Crippen molar-refractivity contribution in [2.24, 2.45) is 7.05 Å². The minimum Gasteiger partial charge on any atom is -0.496 e. The van der Waals surface area contributed by atoms with Crippen LogP contribution in [0.1, 0.15) is 47.8 Å². The molecule has 2 aliphatic heterocycles. The Balaban J connectivity index is 0.000000159. The molecule has 32 heteroatoms. The molecule has 30 nitrogen and oxygen atoms in total. The predicted molar refractivity (Wildman–Crippen MR) is 520 cm³/mol. The number of para-hydroxylation sites is 1. The van der Waals surface area contributed by atoms with E-state index in [0.29, 0.717) is 144 Å². The summed E-state index contributed by atoms with van der Waals surface area (Å²) in [5.41, 5.74) is 13.1. The summed E-state index contributed by atoms with van der Waals surface area (Å²) in [7, 11) is 18.5. The number of nitrogens with zero attached hydrogens (tertiary/aromatic N) is 13. The van der Waals surface area contributed by atoms with Gasteiger partial charge in [0.15, 0.2) is 23.0 Å². The third kappa shape index (κ3) is 27.5. The molecule has 0 radical (unpaired) electrons.